The minimum absolute atomic E-state index is 0.0716. The lowest BCUT2D eigenvalue weighted by molar-refractivity contribution is 0.0654. The van der Waals surface area contributed by atoms with E-state index < -0.39 is 10.0 Å². The summed E-state index contributed by atoms with van der Waals surface area (Å²) >= 11 is 0. The molecule has 30 heavy (non-hydrogen) atoms. The number of piperazine rings is 1. The summed E-state index contributed by atoms with van der Waals surface area (Å²) in [6.45, 7) is 2.32. The van der Waals surface area contributed by atoms with Gasteiger partial charge in [0.15, 0.2) is 6.29 Å². The number of anilines is 1. The fraction of sp³-hybridized carbons (Fsp3) is 0.250. The number of sulfonamides is 1. The number of hydrogen-bond donors (Lipinski definition) is 2. The molecular weight excluding hydrogens is 408 g/mol. The third-order valence-corrected chi connectivity index (χ3v) is 6.48. The highest BCUT2D eigenvalue weighted by atomic mass is 32.2. The largest absolute Gasteiger partial charge is 0.507 e. The Bertz CT molecular complexity index is 1140. The number of carbonyl (C=O) groups is 2. The highest BCUT2D eigenvalue weighted by Crippen LogP contribution is 2.26. The molecule has 0 atom stereocenters. The lowest BCUT2D eigenvalue weighted by Gasteiger charge is -2.35. The van der Waals surface area contributed by atoms with Gasteiger partial charge in [-0.1, -0.05) is 12.1 Å². The summed E-state index contributed by atoms with van der Waals surface area (Å²) in [5, 5.41) is 12.7. The van der Waals surface area contributed by atoms with E-state index in [0.717, 1.165) is 0 Å². The van der Waals surface area contributed by atoms with Crippen LogP contribution in [0.3, 0.4) is 0 Å². The van der Waals surface area contributed by atoms with Crippen LogP contribution in [0, 0.1) is 0 Å². The number of nitrogens with one attached hydrogen (secondary N) is 1. The van der Waals surface area contributed by atoms with Crippen molar-refractivity contribution in [3.63, 3.8) is 0 Å². The number of rotatable bonds is 4. The molecule has 4 rings (SSSR count). The highest BCUT2D eigenvalue weighted by Gasteiger charge is 2.27. The predicted octanol–water partition coefficient (Wildman–Crippen LogP) is 1.18. The average Bonchev–Trinajstić information content (AvgIpc) is 2.74. The molecule has 2 N–H and O–H groups in total. The standard InChI is InChI=1S/C20H20N4O5S/c25-13-15-11-14(5-6-17(15)26)20(27)24-9-7-23(8-10-24)12-19-21-16-3-1-2-4-18(16)30(28,29)22-19/h1-6,11,13,26H,7-10,12H2,(H,21,22). The van der Waals surface area contributed by atoms with Crippen molar-refractivity contribution in [1.29, 1.82) is 0 Å². The fourth-order valence-electron chi connectivity index (χ4n) is 3.52. The van der Waals surface area contributed by atoms with Gasteiger partial charge in [0, 0.05) is 31.7 Å². The minimum atomic E-state index is -3.73. The number of phenolic OH excluding ortho intramolecular Hbond substituents is 1. The first kappa shape index (κ1) is 20.0. The van der Waals surface area contributed by atoms with E-state index in [0.29, 0.717) is 56.1 Å². The summed E-state index contributed by atoms with van der Waals surface area (Å²) < 4.78 is 28.6. The quantitative estimate of drug-likeness (QED) is 0.702. The second kappa shape index (κ2) is 7.88. The molecule has 156 valence electrons. The van der Waals surface area contributed by atoms with Crippen molar-refractivity contribution in [3.05, 3.63) is 53.6 Å². The molecule has 0 unspecified atom stereocenters. The van der Waals surface area contributed by atoms with Gasteiger partial charge in [-0.3, -0.25) is 14.5 Å². The summed E-state index contributed by atoms with van der Waals surface area (Å²) in [5.41, 5.74) is 0.918. The van der Waals surface area contributed by atoms with Gasteiger partial charge in [-0.15, -0.1) is 4.40 Å². The monoisotopic (exact) mass is 428 g/mol. The van der Waals surface area contributed by atoms with Crippen molar-refractivity contribution in [2.45, 2.75) is 4.90 Å². The Morgan fingerprint density at radius 3 is 2.60 bits per heavy atom. The third kappa shape index (κ3) is 3.91. The molecule has 0 bridgehead atoms. The van der Waals surface area contributed by atoms with Crippen LogP contribution in [0.5, 0.6) is 5.75 Å². The molecule has 1 saturated heterocycles. The number of fused-ring (bicyclic) bond motifs is 1. The second-order valence-corrected chi connectivity index (χ2v) is 8.67. The second-order valence-electron chi connectivity index (χ2n) is 7.09. The zero-order valence-corrected chi connectivity index (χ0v) is 16.8. The van der Waals surface area contributed by atoms with E-state index in [2.05, 4.69) is 9.71 Å². The Labute approximate surface area is 173 Å². The maximum Gasteiger partial charge on any atom is 0.286 e. The number of para-hydroxylation sites is 1. The number of hydrogen-bond acceptors (Lipinski definition) is 7. The number of amidine groups is 1. The van der Waals surface area contributed by atoms with Crippen molar-refractivity contribution in [3.8, 4) is 5.75 Å². The Morgan fingerprint density at radius 1 is 1.13 bits per heavy atom. The molecule has 2 aliphatic heterocycles. The van der Waals surface area contributed by atoms with Gasteiger partial charge in [-0.2, -0.15) is 8.42 Å². The molecule has 0 aliphatic carbocycles. The van der Waals surface area contributed by atoms with Gasteiger partial charge < -0.3 is 15.3 Å². The molecule has 2 aliphatic rings. The summed E-state index contributed by atoms with van der Waals surface area (Å²) in [5.74, 6) is -0.0336. The predicted molar refractivity (Wildman–Crippen MR) is 111 cm³/mol. The van der Waals surface area contributed by atoms with E-state index in [4.69, 9.17) is 0 Å². The van der Waals surface area contributed by atoms with Crippen LogP contribution in [-0.2, 0) is 10.0 Å². The molecule has 9 nitrogen and oxygen atoms in total. The van der Waals surface area contributed by atoms with Crippen molar-refractivity contribution >= 4 is 33.7 Å². The molecule has 2 aromatic carbocycles. The zero-order valence-electron chi connectivity index (χ0n) is 16.0. The van der Waals surface area contributed by atoms with Crippen molar-refractivity contribution in [2.75, 3.05) is 38.0 Å². The SMILES string of the molecule is O=Cc1cc(C(=O)N2CCN(CC3=NS(=O)(=O)c4ccccc4N3)CC2)ccc1O. The summed E-state index contributed by atoms with van der Waals surface area (Å²) in [4.78, 5) is 27.5. The first-order chi connectivity index (χ1) is 14.4. The first-order valence-electron chi connectivity index (χ1n) is 9.37. The lowest BCUT2D eigenvalue weighted by atomic mass is 10.1. The van der Waals surface area contributed by atoms with Gasteiger partial charge in [0.1, 0.15) is 16.5 Å². The molecule has 0 spiro atoms. The van der Waals surface area contributed by atoms with E-state index in [-0.39, 0.29) is 22.1 Å². The van der Waals surface area contributed by atoms with Gasteiger partial charge in [0.2, 0.25) is 0 Å². The van der Waals surface area contributed by atoms with Crippen molar-refractivity contribution in [1.82, 2.24) is 9.80 Å². The Balaban J connectivity index is 1.39. The fourth-order valence-corrected chi connectivity index (χ4v) is 4.66. The number of aromatic hydroxyl groups is 1. The molecule has 2 aromatic rings. The number of amides is 1. The zero-order chi connectivity index (χ0) is 21.3. The Morgan fingerprint density at radius 2 is 1.87 bits per heavy atom. The van der Waals surface area contributed by atoms with Crippen molar-refractivity contribution in [2.24, 2.45) is 4.40 Å². The minimum Gasteiger partial charge on any atom is -0.507 e. The number of aldehydes is 1. The lowest BCUT2D eigenvalue weighted by Crippen LogP contribution is -2.50. The van der Waals surface area contributed by atoms with E-state index >= 15 is 0 Å². The van der Waals surface area contributed by atoms with Crippen LogP contribution in [0.4, 0.5) is 5.69 Å². The maximum absolute atomic E-state index is 12.7. The van der Waals surface area contributed by atoms with Crippen LogP contribution in [0.25, 0.3) is 0 Å². The number of phenols is 1. The van der Waals surface area contributed by atoms with Crippen LogP contribution in [0.15, 0.2) is 51.8 Å². The molecular formula is C20H20N4O5S. The molecule has 0 aromatic heterocycles. The number of benzene rings is 2. The molecule has 2 heterocycles. The van der Waals surface area contributed by atoms with Crippen LogP contribution < -0.4 is 5.32 Å². The van der Waals surface area contributed by atoms with Crippen LogP contribution in [-0.4, -0.2) is 74.1 Å². The van der Waals surface area contributed by atoms with Gasteiger partial charge in [-0.05, 0) is 30.3 Å². The van der Waals surface area contributed by atoms with Crippen LogP contribution in [0.1, 0.15) is 20.7 Å². The molecule has 10 heteroatoms. The first-order valence-corrected chi connectivity index (χ1v) is 10.8. The maximum atomic E-state index is 12.7. The highest BCUT2D eigenvalue weighted by molar-refractivity contribution is 7.90. The van der Waals surface area contributed by atoms with Crippen molar-refractivity contribution < 1.29 is 23.1 Å². The van der Waals surface area contributed by atoms with Crippen LogP contribution in [0.2, 0.25) is 0 Å². The smallest absolute Gasteiger partial charge is 0.286 e. The summed E-state index contributed by atoms with van der Waals surface area (Å²) in [7, 11) is -3.73. The molecule has 1 fully saturated rings. The van der Waals surface area contributed by atoms with Gasteiger partial charge in [0.25, 0.3) is 15.9 Å². The van der Waals surface area contributed by atoms with Gasteiger partial charge in [-0.25, -0.2) is 0 Å². The van der Waals surface area contributed by atoms with E-state index in [1.807, 2.05) is 4.90 Å². The average molecular weight is 428 g/mol. The van der Waals surface area contributed by atoms with E-state index in [9.17, 15) is 23.1 Å². The van der Waals surface area contributed by atoms with Crippen LogP contribution >= 0.6 is 0 Å². The number of carbonyl (C=O) groups excluding carboxylic acids is 2. The topological polar surface area (TPSA) is 119 Å². The molecule has 1 amide bonds. The Hall–Kier alpha value is -3.24. The van der Waals surface area contributed by atoms with E-state index in [1.54, 1.807) is 23.1 Å². The molecule has 0 saturated carbocycles. The van der Waals surface area contributed by atoms with Gasteiger partial charge >= 0.3 is 0 Å². The third-order valence-electron chi connectivity index (χ3n) is 5.11. The summed E-state index contributed by atoms with van der Waals surface area (Å²) in [6.07, 6.45) is 0.508. The Kier molecular flexibility index (Phi) is 5.27. The summed E-state index contributed by atoms with van der Waals surface area (Å²) in [6, 6.07) is 10.8. The van der Waals surface area contributed by atoms with E-state index in [1.165, 1.54) is 24.3 Å². The molecule has 0 radical (unpaired) electrons. The van der Waals surface area contributed by atoms with Gasteiger partial charge in [0.05, 0.1) is 17.8 Å². The number of nitrogens with zero attached hydrogens (tertiary/aromatic N) is 3. The normalized spacial score (nSPS) is 18.1.